The van der Waals surface area contributed by atoms with Gasteiger partial charge in [-0.05, 0) is 24.5 Å². The van der Waals surface area contributed by atoms with Crippen molar-refractivity contribution in [2.75, 3.05) is 7.11 Å². The van der Waals surface area contributed by atoms with Crippen molar-refractivity contribution in [3.63, 3.8) is 0 Å². The number of fused-ring (bicyclic) bond motifs is 1. The summed E-state index contributed by atoms with van der Waals surface area (Å²) < 4.78 is 10.2. The van der Waals surface area contributed by atoms with E-state index in [2.05, 4.69) is 5.32 Å². The van der Waals surface area contributed by atoms with Gasteiger partial charge in [-0.3, -0.25) is 4.79 Å². The average Bonchev–Trinajstić information content (AvgIpc) is 2.89. The van der Waals surface area contributed by atoms with Gasteiger partial charge in [0.1, 0.15) is 11.6 Å². The Morgan fingerprint density at radius 1 is 1.29 bits per heavy atom. The SMILES string of the molecule is COC(=O)[C@H](CC(C)C)NC(=O)c1cc2ccccc2o1. The number of furan rings is 1. The molecule has 5 heteroatoms. The second-order valence-electron chi connectivity index (χ2n) is 5.33. The average molecular weight is 289 g/mol. The van der Waals surface area contributed by atoms with E-state index in [1.54, 1.807) is 12.1 Å². The zero-order valence-corrected chi connectivity index (χ0v) is 12.4. The maximum Gasteiger partial charge on any atom is 0.328 e. The Morgan fingerprint density at radius 3 is 2.62 bits per heavy atom. The third-order valence-electron chi connectivity index (χ3n) is 3.15. The van der Waals surface area contributed by atoms with Crippen molar-refractivity contribution in [3.05, 3.63) is 36.1 Å². The molecule has 1 amide bonds. The molecule has 0 bridgehead atoms. The van der Waals surface area contributed by atoms with Gasteiger partial charge in [0.05, 0.1) is 7.11 Å². The summed E-state index contributed by atoms with van der Waals surface area (Å²) in [5, 5.41) is 3.52. The van der Waals surface area contributed by atoms with Crippen molar-refractivity contribution in [1.29, 1.82) is 0 Å². The van der Waals surface area contributed by atoms with Crippen molar-refractivity contribution in [3.8, 4) is 0 Å². The summed E-state index contributed by atoms with van der Waals surface area (Å²) in [7, 11) is 1.31. The number of para-hydroxylation sites is 1. The number of rotatable bonds is 5. The Labute approximate surface area is 123 Å². The topological polar surface area (TPSA) is 68.5 Å². The predicted octanol–water partition coefficient (Wildman–Crippen LogP) is 2.75. The molecule has 0 radical (unpaired) electrons. The standard InChI is InChI=1S/C16H19NO4/c1-10(2)8-12(16(19)20-3)17-15(18)14-9-11-6-4-5-7-13(11)21-14/h4-7,9-10,12H,8H2,1-3H3,(H,17,18)/t12-/m0/s1. The van der Waals surface area contributed by atoms with Gasteiger partial charge in [-0.1, -0.05) is 32.0 Å². The van der Waals surface area contributed by atoms with Gasteiger partial charge < -0.3 is 14.5 Å². The molecule has 1 heterocycles. The molecule has 0 aliphatic carbocycles. The third-order valence-corrected chi connectivity index (χ3v) is 3.15. The lowest BCUT2D eigenvalue weighted by Crippen LogP contribution is -2.42. The highest BCUT2D eigenvalue weighted by molar-refractivity contribution is 5.98. The zero-order valence-electron chi connectivity index (χ0n) is 12.4. The molecule has 2 rings (SSSR count). The van der Waals surface area contributed by atoms with E-state index in [1.165, 1.54) is 7.11 Å². The Kier molecular flexibility index (Phi) is 4.62. The number of ether oxygens (including phenoxy) is 1. The van der Waals surface area contributed by atoms with E-state index in [1.807, 2.05) is 32.0 Å². The summed E-state index contributed by atoms with van der Waals surface area (Å²) in [5.41, 5.74) is 0.640. The third kappa shape index (κ3) is 3.62. The van der Waals surface area contributed by atoms with Gasteiger partial charge in [-0.2, -0.15) is 0 Å². The number of hydrogen-bond acceptors (Lipinski definition) is 4. The van der Waals surface area contributed by atoms with Crippen LogP contribution in [0.5, 0.6) is 0 Å². The van der Waals surface area contributed by atoms with Crippen LogP contribution < -0.4 is 5.32 Å². The lowest BCUT2D eigenvalue weighted by molar-refractivity contribution is -0.143. The number of nitrogens with one attached hydrogen (secondary N) is 1. The number of methoxy groups -OCH3 is 1. The zero-order chi connectivity index (χ0) is 15.4. The number of esters is 1. The molecule has 1 aromatic carbocycles. The largest absolute Gasteiger partial charge is 0.467 e. The lowest BCUT2D eigenvalue weighted by atomic mass is 10.0. The molecule has 0 saturated carbocycles. The molecular formula is C16H19NO4. The van der Waals surface area contributed by atoms with Gasteiger partial charge >= 0.3 is 5.97 Å². The molecule has 5 nitrogen and oxygen atoms in total. The fraction of sp³-hybridized carbons (Fsp3) is 0.375. The summed E-state index contributed by atoms with van der Waals surface area (Å²) in [5.74, 6) is -0.422. The van der Waals surface area contributed by atoms with E-state index in [9.17, 15) is 9.59 Å². The van der Waals surface area contributed by atoms with Gasteiger partial charge in [0, 0.05) is 5.39 Å². The Balaban J connectivity index is 2.15. The first kappa shape index (κ1) is 15.1. The van der Waals surface area contributed by atoms with Gasteiger partial charge in [-0.15, -0.1) is 0 Å². The van der Waals surface area contributed by atoms with E-state index in [0.29, 0.717) is 12.0 Å². The Hall–Kier alpha value is -2.30. The van der Waals surface area contributed by atoms with Crippen LogP contribution in [0.3, 0.4) is 0 Å². The van der Waals surface area contributed by atoms with Gasteiger partial charge in [0.25, 0.3) is 5.91 Å². The monoisotopic (exact) mass is 289 g/mol. The van der Waals surface area contributed by atoms with Crippen molar-refractivity contribution in [2.24, 2.45) is 5.92 Å². The normalized spacial score (nSPS) is 12.4. The molecule has 112 valence electrons. The Morgan fingerprint density at radius 2 is 2.00 bits per heavy atom. The molecule has 0 saturated heterocycles. The number of benzene rings is 1. The summed E-state index contributed by atoms with van der Waals surface area (Å²) in [4.78, 5) is 23.9. The Bertz CT molecular complexity index is 612. The van der Waals surface area contributed by atoms with Gasteiger partial charge in [0.2, 0.25) is 0 Å². The molecule has 1 aromatic heterocycles. The molecule has 0 fully saturated rings. The first-order valence-electron chi connectivity index (χ1n) is 6.88. The molecule has 0 aliphatic rings. The number of amides is 1. The quantitative estimate of drug-likeness (QED) is 0.859. The second-order valence-corrected chi connectivity index (χ2v) is 5.33. The van der Waals surface area contributed by atoms with Crippen LogP contribution in [-0.4, -0.2) is 25.0 Å². The summed E-state index contributed by atoms with van der Waals surface area (Å²) in [6, 6.07) is 8.35. The molecule has 1 N–H and O–H groups in total. The molecular weight excluding hydrogens is 270 g/mol. The minimum absolute atomic E-state index is 0.189. The molecule has 0 spiro atoms. The highest BCUT2D eigenvalue weighted by atomic mass is 16.5. The molecule has 2 aromatic rings. The fourth-order valence-electron chi connectivity index (χ4n) is 2.15. The maximum atomic E-state index is 12.2. The summed E-state index contributed by atoms with van der Waals surface area (Å²) in [6.07, 6.45) is 0.513. The predicted molar refractivity (Wildman–Crippen MR) is 78.9 cm³/mol. The highest BCUT2D eigenvalue weighted by Crippen LogP contribution is 2.19. The van der Waals surface area contributed by atoms with E-state index in [4.69, 9.17) is 9.15 Å². The van der Waals surface area contributed by atoms with Crippen LogP contribution >= 0.6 is 0 Å². The smallest absolute Gasteiger partial charge is 0.328 e. The van der Waals surface area contributed by atoms with Crippen LogP contribution in [0.1, 0.15) is 30.8 Å². The van der Waals surface area contributed by atoms with Crippen molar-refractivity contribution in [1.82, 2.24) is 5.32 Å². The van der Waals surface area contributed by atoms with Crippen LogP contribution in [0.25, 0.3) is 11.0 Å². The minimum Gasteiger partial charge on any atom is -0.467 e. The van der Waals surface area contributed by atoms with Crippen molar-refractivity contribution < 1.29 is 18.7 Å². The van der Waals surface area contributed by atoms with E-state index >= 15 is 0 Å². The number of carbonyl (C=O) groups excluding carboxylic acids is 2. The van der Waals surface area contributed by atoms with Crippen LogP contribution in [0.2, 0.25) is 0 Å². The van der Waals surface area contributed by atoms with Gasteiger partial charge in [-0.25, -0.2) is 4.79 Å². The van der Waals surface area contributed by atoms with E-state index in [0.717, 1.165) is 5.39 Å². The fourth-order valence-corrected chi connectivity index (χ4v) is 2.15. The lowest BCUT2D eigenvalue weighted by Gasteiger charge is -2.17. The van der Waals surface area contributed by atoms with Crippen LogP contribution in [0, 0.1) is 5.92 Å². The second kappa shape index (κ2) is 6.43. The van der Waals surface area contributed by atoms with Crippen LogP contribution in [0.15, 0.2) is 34.7 Å². The van der Waals surface area contributed by atoms with Crippen LogP contribution in [-0.2, 0) is 9.53 Å². The first-order valence-corrected chi connectivity index (χ1v) is 6.88. The van der Waals surface area contributed by atoms with E-state index in [-0.39, 0.29) is 11.7 Å². The van der Waals surface area contributed by atoms with E-state index < -0.39 is 17.9 Å². The van der Waals surface area contributed by atoms with Crippen molar-refractivity contribution in [2.45, 2.75) is 26.3 Å². The molecule has 21 heavy (non-hydrogen) atoms. The number of carbonyl (C=O) groups is 2. The van der Waals surface area contributed by atoms with Crippen LogP contribution in [0.4, 0.5) is 0 Å². The van der Waals surface area contributed by atoms with Crippen molar-refractivity contribution >= 4 is 22.8 Å². The highest BCUT2D eigenvalue weighted by Gasteiger charge is 2.24. The molecule has 1 atom stereocenters. The maximum absolute atomic E-state index is 12.2. The van der Waals surface area contributed by atoms with Gasteiger partial charge in [0.15, 0.2) is 5.76 Å². The first-order chi connectivity index (χ1) is 10.0. The summed E-state index contributed by atoms with van der Waals surface area (Å²) in [6.45, 7) is 3.95. The summed E-state index contributed by atoms with van der Waals surface area (Å²) >= 11 is 0. The molecule has 0 unspecified atom stereocenters. The number of hydrogen-bond donors (Lipinski definition) is 1. The molecule has 0 aliphatic heterocycles. The minimum atomic E-state index is -0.671.